The van der Waals surface area contributed by atoms with Crippen molar-refractivity contribution in [3.63, 3.8) is 0 Å². The molecule has 2 atom stereocenters. The summed E-state index contributed by atoms with van der Waals surface area (Å²) in [6.07, 6.45) is 1.52. The number of aromatic nitrogens is 2. The summed E-state index contributed by atoms with van der Waals surface area (Å²) in [6.45, 7) is 0.555. The van der Waals surface area contributed by atoms with Gasteiger partial charge in [-0.3, -0.25) is 9.48 Å². The van der Waals surface area contributed by atoms with E-state index >= 15 is 0 Å². The van der Waals surface area contributed by atoms with Gasteiger partial charge in [0.05, 0.1) is 5.69 Å². The highest BCUT2D eigenvalue weighted by Crippen LogP contribution is 2.36. The lowest BCUT2D eigenvalue weighted by atomic mass is 10.0. The Kier molecular flexibility index (Phi) is 6.74. The van der Waals surface area contributed by atoms with Crippen LogP contribution in [0.5, 0.6) is 5.75 Å². The summed E-state index contributed by atoms with van der Waals surface area (Å²) in [4.78, 5) is 16.9. The molecule has 2 aliphatic rings. The highest BCUT2D eigenvalue weighted by molar-refractivity contribution is 6.31. The predicted octanol–water partition coefficient (Wildman–Crippen LogP) is 2.83. The second-order valence-electron chi connectivity index (χ2n) is 7.69. The van der Waals surface area contributed by atoms with Crippen molar-refractivity contribution in [1.29, 1.82) is 0 Å². The first-order chi connectivity index (χ1) is 13.8. The highest BCUT2D eigenvalue weighted by Gasteiger charge is 2.40. The van der Waals surface area contributed by atoms with Crippen LogP contribution in [0.1, 0.15) is 0 Å². The number of hydrogen-bond donors (Lipinski definition) is 1. The number of anilines is 1. The molecule has 2 aliphatic heterocycles. The lowest BCUT2D eigenvalue weighted by Gasteiger charge is -2.19. The largest absolute Gasteiger partial charge is 0.434 e. The van der Waals surface area contributed by atoms with E-state index in [0.717, 1.165) is 26.2 Å². The minimum atomic E-state index is -2.99. The number of hydrogen-bond acceptors (Lipinski definition) is 5. The number of nitrogen functional groups attached to an aromatic ring is 1. The third-order valence-corrected chi connectivity index (χ3v) is 5.76. The minimum absolute atomic E-state index is 0. The molecule has 2 fully saturated rings. The van der Waals surface area contributed by atoms with E-state index in [4.69, 9.17) is 17.3 Å². The molecule has 2 saturated heterocycles. The molecular formula is C19H23Cl2F2N5O2. The number of nitrogens with two attached hydrogens (primary N) is 1. The molecule has 0 aliphatic carbocycles. The standard InChI is InChI=1S/C19H22ClF2N5O2.ClH/c1-25-5-11-7-26(8-12(11)6-25)17(28)10-27-9-15(23)18(24-27)14-4-13(20)2-3-16(14)29-19(21)22;/h2-4,9,11-12,19H,5-8,10,23H2,1H3;1H/t11-,12+;. The zero-order chi connectivity index (χ0) is 20.7. The van der Waals surface area contributed by atoms with E-state index in [0.29, 0.717) is 16.9 Å². The Morgan fingerprint density at radius 3 is 2.60 bits per heavy atom. The number of fused-ring (bicyclic) bond motifs is 1. The summed E-state index contributed by atoms with van der Waals surface area (Å²) in [6, 6.07) is 4.25. The minimum Gasteiger partial charge on any atom is -0.434 e. The summed E-state index contributed by atoms with van der Waals surface area (Å²) in [5.41, 5.74) is 6.79. The molecule has 4 rings (SSSR count). The van der Waals surface area contributed by atoms with E-state index in [1.165, 1.54) is 29.1 Å². The molecule has 1 aromatic carbocycles. The number of halogens is 4. The summed E-state index contributed by atoms with van der Waals surface area (Å²) >= 11 is 6.01. The lowest BCUT2D eigenvalue weighted by molar-refractivity contribution is -0.131. The van der Waals surface area contributed by atoms with Gasteiger partial charge >= 0.3 is 6.61 Å². The third-order valence-electron chi connectivity index (χ3n) is 5.52. The summed E-state index contributed by atoms with van der Waals surface area (Å²) < 4.78 is 31.4. The molecule has 1 aromatic heterocycles. The number of benzene rings is 1. The average Bonchev–Trinajstić information content (AvgIpc) is 3.28. The molecule has 2 N–H and O–H groups in total. The van der Waals surface area contributed by atoms with Crippen LogP contribution in [0, 0.1) is 11.8 Å². The van der Waals surface area contributed by atoms with Crippen LogP contribution in [0.25, 0.3) is 11.3 Å². The Balaban J connectivity index is 0.00000256. The Labute approximate surface area is 184 Å². The van der Waals surface area contributed by atoms with Gasteiger partial charge in [-0.25, -0.2) is 0 Å². The Morgan fingerprint density at radius 2 is 1.97 bits per heavy atom. The maximum atomic E-state index is 12.7. The molecule has 164 valence electrons. The number of ether oxygens (including phenoxy) is 1. The van der Waals surface area contributed by atoms with Crippen LogP contribution in [0.15, 0.2) is 24.4 Å². The molecule has 3 heterocycles. The predicted molar refractivity (Wildman–Crippen MR) is 112 cm³/mol. The van der Waals surface area contributed by atoms with Crippen LogP contribution in [-0.4, -0.2) is 65.3 Å². The van der Waals surface area contributed by atoms with Crippen LogP contribution in [-0.2, 0) is 11.3 Å². The molecule has 0 bridgehead atoms. The van der Waals surface area contributed by atoms with E-state index in [9.17, 15) is 13.6 Å². The van der Waals surface area contributed by atoms with Crippen molar-refractivity contribution < 1.29 is 18.3 Å². The van der Waals surface area contributed by atoms with Crippen molar-refractivity contribution in [2.75, 3.05) is 39.0 Å². The number of amides is 1. The van der Waals surface area contributed by atoms with Gasteiger partial charge in [0.15, 0.2) is 0 Å². The fourth-order valence-electron chi connectivity index (χ4n) is 4.28. The zero-order valence-corrected chi connectivity index (χ0v) is 17.9. The molecule has 11 heteroatoms. The van der Waals surface area contributed by atoms with Crippen LogP contribution in [0.4, 0.5) is 14.5 Å². The normalized spacial score (nSPS) is 21.0. The van der Waals surface area contributed by atoms with E-state index in [2.05, 4.69) is 21.8 Å². The van der Waals surface area contributed by atoms with Gasteiger partial charge in [0.25, 0.3) is 0 Å². The van der Waals surface area contributed by atoms with E-state index < -0.39 is 6.61 Å². The number of carbonyl (C=O) groups is 1. The van der Waals surface area contributed by atoms with Crippen molar-refractivity contribution in [3.8, 4) is 17.0 Å². The molecule has 2 aromatic rings. The first-order valence-electron chi connectivity index (χ1n) is 9.34. The van der Waals surface area contributed by atoms with Crippen molar-refractivity contribution in [2.24, 2.45) is 11.8 Å². The van der Waals surface area contributed by atoms with Crippen LogP contribution in [0.2, 0.25) is 5.02 Å². The van der Waals surface area contributed by atoms with Gasteiger partial charge in [0, 0.05) is 43.0 Å². The SMILES string of the molecule is CN1C[C@@H]2CN(C(=O)Cn3cc(N)c(-c4cc(Cl)ccc4OC(F)F)n3)C[C@@H]2C1.Cl. The van der Waals surface area contributed by atoms with E-state index in [1.54, 1.807) is 0 Å². The topological polar surface area (TPSA) is 76.6 Å². The van der Waals surface area contributed by atoms with Gasteiger partial charge in [-0.15, -0.1) is 12.4 Å². The summed E-state index contributed by atoms with van der Waals surface area (Å²) in [5.74, 6) is 0.917. The van der Waals surface area contributed by atoms with Crippen LogP contribution in [0.3, 0.4) is 0 Å². The van der Waals surface area contributed by atoms with Gasteiger partial charge in [0.1, 0.15) is 18.0 Å². The first kappa shape index (κ1) is 22.6. The lowest BCUT2D eigenvalue weighted by Crippen LogP contribution is -2.34. The molecular weight excluding hydrogens is 439 g/mol. The van der Waals surface area contributed by atoms with Crippen molar-refractivity contribution in [3.05, 3.63) is 29.4 Å². The number of likely N-dealkylation sites (tertiary alicyclic amines) is 2. The Bertz CT molecular complexity index is 912. The second-order valence-corrected chi connectivity index (χ2v) is 8.13. The van der Waals surface area contributed by atoms with Crippen LogP contribution >= 0.6 is 24.0 Å². The van der Waals surface area contributed by atoms with Crippen molar-refractivity contribution >= 4 is 35.6 Å². The molecule has 0 radical (unpaired) electrons. The van der Waals surface area contributed by atoms with E-state index in [-0.39, 0.29) is 47.6 Å². The number of carbonyl (C=O) groups excluding carboxylic acids is 1. The highest BCUT2D eigenvalue weighted by atomic mass is 35.5. The average molecular weight is 462 g/mol. The smallest absolute Gasteiger partial charge is 0.387 e. The molecule has 0 spiro atoms. The van der Waals surface area contributed by atoms with E-state index in [1.807, 2.05) is 4.90 Å². The maximum absolute atomic E-state index is 12.7. The number of rotatable bonds is 5. The second kappa shape index (κ2) is 8.95. The summed E-state index contributed by atoms with van der Waals surface area (Å²) in [7, 11) is 2.10. The maximum Gasteiger partial charge on any atom is 0.387 e. The van der Waals surface area contributed by atoms with Crippen molar-refractivity contribution in [1.82, 2.24) is 19.6 Å². The fourth-order valence-corrected chi connectivity index (χ4v) is 4.46. The molecule has 30 heavy (non-hydrogen) atoms. The van der Waals surface area contributed by atoms with Gasteiger partial charge in [-0.2, -0.15) is 13.9 Å². The molecule has 1 amide bonds. The summed E-state index contributed by atoms with van der Waals surface area (Å²) in [5, 5.41) is 4.67. The number of alkyl halides is 2. The Hall–Kier alpha value is -2.10. The van der Waals surface area contributed by atoms with Crippen LogP contribution < -0.4 is 10.5 Å². The van der Waals surface area contributed by atoms with Gasteiger partial charge in [-0.1, -0.05) is 11.6 Å². The number of nitrogens with zero attached hydrogens (tertiary/aromatic N) is 4. The molecule has 0 unspecified atom stereocenters. The molecule has 0 saturated carbocycles. The first-order valence-corrected chi connectivity index (χ1v) is 9.72. The fraction of sp³-hybridized carbons (Fsp3) is 0.474. The zero-order valence-electron chi connectivity index (χ0n) is 16.3. The Morgan fingerprint density at radius 1 is 1.30 bits per heavy atom. The van der Waals surface area contributed by atoms with Crippen molar-refractivity contribution in [2.45, 2.75) is 13.2 Å². The monoisotopic (exact) mass is 461 g/mol. The quantitative estimate of drug-likeness (QED) is 0.740. The van der Waals surface area contributed by atoms with Gasteiger partial charge < -0.3 is 20.3 Å². The van der Waals surface area contributed by atoms with Gasteiger partial charge in [-0.05, 0) is 37.1 Å². The molecule has 7 nitrogen and oxygen atoms in total. The van der Waals surface area contributed by atoms with Gasteiger partial charge in [0.2, 0.25) is 5.91 Å². The third kappa shape index (κ3) is 4.63.